The molecule has 166 valence electrons. The van der Waals surface area contributed by atoms with Gasteiger partial charge in [0.2, 0.25) is 15.9 Å². The quantitative estimate of drug-likeness (QED) is 0.634. The summed E-state index contributed by atoms with van der Waals surface area (Å²) in [6, 6.07) is 12.9. The number of amides is 1. The van der Waals surface area contributed by atoms with Gasteiger partial charge in [-0.3, -0.25) is 4.79 Å². The second-order valence-corrected chi connectivity index (χ2v) is 11.2. The smallest absolute Gasteiger partial charge is 0.244 e. The average Bonchev–Trinajstić information content (AvgIpc) is 3.60. The van der Waals surface area contributed by atoms with E-state index in [1.165, 1.54) is 15.9 Å². The van der Waals surface area contributed by atoms with Gasteiger partial charge in [0.05, 0.1) is 16.1 Å². The number of aryl methyl sites for hydroxylation is 1. The zero-order valence-corrected chi connectivity index (χ0v) is 19.7. The Balaban J connectivity index is 1.40. The van der Waals surface area contributed by atoms with Crippen molar-refractivity contribution in [3.63, 3.8) is 0 Å². The third-order valence-corrected chi connectivity index (χ3v) is 9.06. The third-order valence-electron chi connectivity index (χ3n) is 6.19. The molecule has 0 aromatic heterocycles. The van der Waals surface area contributed by atoms with Crippen molar-refractivity contribution in [1.29, 1.82) is 0 Å². The Kier molecular flexibility index (Phi) is 6.63. The predicted octanol–water partition coefficient (Wildman–Crippen LogP) is 4.97. The number of piperidine rings is 1. The Morgan fingerprint density at radius 1 is 1.03 bits per heavy atom. The topological polar surface area (TPSA) is 66.5 Å². The molecular weight excluding hydrogens is 455 g/mol. The van der Waals surface area contributed by atoms with Gasteiger partial charge < -0.3 is 5.32 Å². The van der Waals surface area contributed by atoms with Crippen LogP contribution in [0.3, 0.4) is 0 Å². The van der Waals surface area contributed by atoms with Crippen LogP contribution >= 0.6 is 23.2 Å². The van der Waals surface area contributed by atoms with E-state index >= 15 is 0 Å². The monoisotopic (exact) mass is 480 g/mol. The van der Waals surface area contributed by atoms with Crippen molar-refractivity contribution in [3.05, 3.63) is 63.6 Å². The number of nitrogens with zero attached hydrogens (tertiary/aromatic N) is 1. The fourth-order valence-corrected chi connectivity index (χ4v) is 6.33. The fraction of sp³-hybridized carbons (Fsp3) is 0.435. The van der Waals surface area contributed by atoms with Crippen molar-refractivity contribution in [2.75, 3.05) is 13.1 Å². The molecule has 2 aliphatic rings. The molecule has 1 unspecified atom stereocenters. The molecule has 5 nitrogen and oxygen atoms in total. The van der Waals surface area contributed by atoms with Crippen molar-refractivity contribution in [3.8, 4) is 0 Å². The molecule has 1 saturated heterocycles. The van der Waals surface area contributed by atoms with E-state index in [0.717, 1.165) is 18.4 Å². The summed E-state index contributed by atoms with van der Waals surface area (Å²) in [4.78, 5) is 13.0. The number of hydrogen-bond acceptors (Lipinski definition) is 3. The van der Waals surface area contributed by atoms with Crippen LogP contribution in [0.4, 0.5) is 0 Å². The van der Waals surface area contributed by atoms with Gasteiger partial charge in [0.25, 0.3) is 0 Å². The number of sulfonamides is 1. The van der Waals surface area contributed by atoms with Crippen molar-refractivity contribution >= 4 is 39.1 Å². The second-order valence-electron chi connectivity index (χ2n) is 8.46. The van der Waals surface area contributed by atoms with Crippen molar-refractivity contribution < 1.29 is 13.2 Å². The molecule has 31 heavy (non-hydrogen) atoms. The first-order valence-corrected chi connectivity index (χ1v) is 12.8. The maximum Gasteiger partial charge on any atom is 0.244 e. The molecule has 1 saturated carbocycles. The first-order valence-electron chi connectivity index (χ1n) is 10.6. The Morgan fingerprint density at radius 2 is 1.68 bits per heavy atom. The normalized spacial score (nSPS) is 19.2. The molecule has 0 bridgehead atoms. The predicted molar refractivity (Wildman–Crippen MR) is 123 cm³/mol. The van der Waals surface area contributed by atoms with Crippen LogP contribution in [-0.4, -0.2) is 31.7 Å². The third kappa shape index (κ3) is 4.92. The van der Waals surface area contributed by atoms with Gasteiger partial charge in [-0.15, -0.1) is 0 Å². The van der Waals surface area contributed by atoms with E-state index in [9.17, 15) is 13.2 Å². The highest BCUT2D eigenvalue weighted by molar-refractivity contribution is 7.89. The Bertz CT molecular complexity index is 1060. The van der Waals surface area contributed by atoms with Crippen molar-refractivity contribution in [1.82, 2.24) is 9.62 Å². The lowest BCUT2D eigenvalue weighted by Gasteiger charge is -2.32. The summed E-state index contributed by atoms with van der Waals surface area (Å²) in [6.07, 6.45) is 3.20. The summed E-state index contributed by atoms with van der Waals surface area (Å²) in [5.41, 5.74) is 2.33. The van der Waals surface area contributed by atoms with Gasteiger partial charge in [-0.2, -0.15) is 4.31 Å². The number of carbonyl (C=O) groups is 1. The highest BCUT2D eigenvalue weighted by atomic mass is 35.5. The molecule has 0 spiro atoms. The van der Waals surface area contributed by atoms with Crippen LogP contribution in [0.1, 0.15) is 42.9 Å². The number of hydrogen-bond donors (Lipinski definition) is 1. The maximum atomic E-state index is 13.0. The summed E-state index contributed by atoms with van der Waals surface area (Å²) in [6.45, 7) is 2.61. The SMILES string of the molecule is Cc1ccc(C(NC(=O)C2CCN(S(=O)(=O)c3cccc(Cl)c3Cl)CC2)C2CC2)cc1. The highest BCUT2D eigenvalue weighted by Gasteiger charge is 2.37. The zero-order chi connectivity index (χ0) is 22.2. The van der Waals surface area contributed by atoms with E-state index in [4.69, 9.17) is 23.2 Å². The summed E-state index contributed by atoms with van der Waals surface area (Å²) in [7, 11) is -3.75. The number of carbonyl (C=O) groups excluding carboxylic acids is 1. The first kappa shape index (κ1) is 22.6. The molecule has 0 radical (unpaired) electrons. The van der Waals surface area contributed by atoms with Crippen LogP contribution in [0.25, 0.3) is 0 Å². The molecule has 2 aromatic carbocycles. The van der Waals surface area contributed by atoms with E-state index in [1.54, 1.807) is 12.1 Å². The van der Waals surface area contributed by atoms with E-state index in [2.05, 4.69) is 29.6 Å². The molecule has 1 N–H and O–H groups in total. The number of halogens is 2. The molecule has 2 aromatic rings. The van der Waals surface area contributed by atoms with Crippen LogP contribution in [-0.2, 0) is 14.8 Å². The van der Waals surface area contributed by atoms with E-state index < -0.39 is 10.0 Å². The van der Waals surface area contributed by atoms with Gasteiger partial charge in [-0.1, -0.05) is 59.1 Å². The molecular formula is C23H26Cl2N2O3S. The molecule has 1 heterocycles. The summed E-state index contributed by atoms with van der Waals surface area (Å²) in [5, 5.41) is 3.48. The lowest BCUT2D eigenvalue weighted by molar-refractivity contribution is -0.127. The molecule has 1 aliphatic carbocycles. The van der Waals surface area contributed by atoms with Gasteiger partial charge in [-0.25, -0.2) is 8.42 Å². The molecule has 1 atom stereocenters. The summed E-state index contributed by atoms with van der Waals surface area (Å²) in [5.74, 6) is 0.292. The molecule has 8 heteroatoms. The van der Waals surface area contributed by atoms with Crippen LogP contribution < -0.4 is 5.32 Å². The largest absolute Gasteiger partial charge is 0.349 e. The highest BCUT2D eigenvalue weighted by Crippen LogP contribution is 2.41. The molecule has 2 fully saturated rings. The van der Waals surface area contributed by atoms with Crippen LogP contribution in [0.15, 0.2) is 47.4 Å². The maximum absolute atomic E-state index is 13.0. The lowest BCUT2D eigenvalue weighted by Crippen LogP contribution is -2.44. The van der Waals surface area contributed by atoms with Gasteiger partial charge in [-0.05, 0) is 56.2 Å². The minimum atomic E-state index is -3.75. The van der Waals surface area contributed by atoms with Crippen molar-refractivity contribution in [2.24, 2.45) is 11.8 Å². The Morgan fingerprint density at radius 3 is 2.29 bits per heavy atom. The summed E-state index contributed by atoms with van der Waals surface area (Å²) >= 11 is 12.1. The fourth-order valence-electron chi connectivity index (χ4n) is 4.13. The van der Waals surface area contributed by atoms with Crippen molar-refractivity contribution in [2.45, 2.75) is 43.5 Å². The van der Waals surface area contributed by atoms with Gasteiger partial charge in [0.1, 0.15) is 4.90 Å². The van der Waals surface area contributed by atoms with E-state index in [-0.39, 0.29) is 45.9 Å². The Hall–Kier alpha value is -1.60. The van der Waals surface area contributed by atoms with Gasteiger partial charge >= 0.3 is 0 Å². The standard InChI is InChI=1S/C23H26Cl2N2O3S/c1-15-5-7-16(8-6-15)22(17-9-10-17)26-23(28)18-11-13-27(14-12-18)31(29,30)20-4-2-3-19(24)21(20)25/h2-8,17-18,22H,9-14H2,1H3,(H,26,28). The van der Waals surface area contributed by atoms with Crippen LogP contribution in [0.2, 0.25) is 10.0 Å². The number of nitrogens with one attached hydrogen (secondary N) is 1. The summed E-state index contributed by atoms with van der Waals surface area (Å²) < 4.78 is 27.4. The minimum Gasteiger partial charge on any atom is -0.349 e. The minimum absolute atomic E-state index is 0.00955. The van der Waals surface area contributed by atoms with Crippen LogP contribution in [0, 0.1) is 18.8 Å². The average molecular weight is 481 g/mol. The zero-order valence-electron chi connectivity index (χ0n) is 17.4. The second kappa shape index (κ2) is 9.10. The number of rotatable bonds is 6. The molecule has 1 amide bonds. The first-order chi connectivity index (χ1) is 14.8. The Labute approximate surface area is 193 Å². The van der Waals surface area contributed by atoms with E-state index in [0.29, 0.717) is 18.8 Å². The molecule has 1 aliphatic heterocycles. The molecule has 4 rings (SSSR count). The van der Waals surface area contributed by atoms with E-state index in [1.807, 2.05) is 6.92 Å². The van der Waals surface area contributed by atoms with Gasteiger partial charge in [0.15, 0.2) is 0 Å². The lowest BCUT2D eigenvalue weighted by atomic mass is 9.95. The van der Waals surface area contributed by atoms with Crippen LogP contribution in [0.5, 0.6) is 0 Å². The van der Waals surface area contributed by atoms with Gasteiger partial charge in [0, 0.05) is 19.0 Å². The number of benzene rings is 2.